The number of thiophene rings is 1. The number of anilines is 1. The van der Waals surface area contributed by atoms with Crippen LogP contribution < -0.4 is 14.8 Å². The zero-order valence-electron chi connectivity index (χ0n) is 14.7. The average Bonchev–Trinajstić information content (AvgIpc) is 3.36. The van der Waals surface area contributed by atoms with Crippen molar-refractivity contribution in [2.45, 2.75) is 13.5 Å². The molecule has 4 heterocycles. The van der Waals surface area contributed by atoms with E-state index >= 15 is 0 Å². The zero-order valence-corrected chi connectivity index (χ0v) is 15.5. The molecule has 4 aromatic rings. The number of fused-ring (bicyclic) bond motifs is 2. The van der Waals surface area contributed by atoms with Crippen LogP contribution in [0.1, 0.15) is 11.1 Å². The van der Waals surface area contributed by atoms with Crippen LogP contribution in [0.2, 0.25) is 0 Å². The van der Waals surface area contributed by atoms with Crippen molar-refractivity contribution in [1.82, 2.24) is 20.2 Å². The number of aryl methyl sites for hydroxylation is 1. The molecule has 3 aromatic heterocycles. The van der Waals surface area contributed by atoms with E-state index in [9.17, 15) is 0 Å². The van der Waals surface area contributed by atoms with Crippen molar-refractivity contribution in [2.75, 3.05) is 18.5 Å². The zero-order chi connectivity index (χ0) is 18.2. The van der Waals surface area contributed by atoms with Crippen LogP contribution in [0, 0.1) is 6.92 Å². The summed E-state index contributed by atoms with van der Waals surface area (Å²) in [5, 5.41) is 13.6. The van der Waals surface area contributed by atoms with E-state index in [0.717, 1.165) is 44.4 Å². The highest BCUT2D eigenvalue weighted by Crippen LogP contribution is 2.33. The van der Waals surface area contributed by atoms with E-state index in [1.54, 1.807) is 17.5 Å². The predicted molar refractivity (Wildman–Crippen MR) is 104 cm³/mol. The molecule has 1 aliphatic heterocycles. The van der Waals surface area contributed by atoms with Gasteiger partial charge in [0.25, 0.3) is 0 Å². The van der Waals surface area contributed by atoms with Gasteiger partial charge in [-0.2, -0.15) is 5.10 Å². The van der Waals surface area contributed by atoms with Gasteiger partial charge in [0.15, 0.2) is 17.3 Å². The lowest BCUT2D eigenvalue weighted by Gasteiger charge is -2.19. The topological polar surface area (TPSA) is 85.0 Å². The second-order valence-corrected chi connectivity index (χ2v) is 7.14. The Labute approximate surface area is 159 Å². The third-order valence-electron chi connectivity index (χ3n) is 4.41. The molecule has 7 nitrogen and oxygen atoms in total. The van der Waals surface area contributed by atoms with Gasteiger partial charge >= 0.3 is 0 Å². The third-order valence-corrected chi connectivity index (χ3v) is 5.40. The molecule has 0 spiro atoms. The second-order valence-electron chi connectivity index (χ2n) is 6.29. The normalized spacial score (nSPS) is 13.1. The maximum atomic E-state index is 5.67. The first kappa shape index (κ1) is 16.1. The van der Waals surface area contributed by atoms with Gasteiger partial charge in [0.05, 0.1) is 5.39 Å². The Morgan fingerprint density at radius 1 is 1.15 bits per heavy atom. The molecule has 2 N–H and O–H groups in total. The molecule has 0 saturated carbocycles. The summed E-state index contributed by atoms with van der Waals surface area (Å²) in [6.07, 6.45) is 1.77. The van der Waals surface area contributed by atoms with Crippen molar-refractivity contribution in [3.05, 3.63) is 47.0 Å². The number of rotatable bonds is 4. The van der Waals surface area contributed by atoms with Gasteiger partial charge in [-0.25, -0.2) is 9.97 Å². The molecule has 5 rings (SSSR count). The molecule has 0 aliphatic carbocycles. The van der Waals surface area contributed by atoms with Gasteiger partial charge in [-0.3, -0.25) is 5.10 Å². The van der Waals surface area contributed by atoms with Crippen LogP contribution in [0.25, 0.3) is 21.7 Å². The monoisotopic (exact) mass is 379 g/mol. The fourth-order valence-electron chi connectivity index (χ4n) is 3.09. The summed E-state index contributed by atoms with van der Waals surface area (Å²) in [6, 6.07) is 7.86. The summed E-state index contributed by atoms with van der Waals surface area (Å²) in [6.45, 7) is 3.87. The molecule has 0 saturated heterocycles. The van der Waals surface area contributed by atoms with E-state index in [2.05, 4.69) is 32.8 Å². The SMILES string of the molecule is Cc1csc2nc(-c3cc[nH]n3)nc(NCc3ccc4c(c3)OCCO4)c12. The number of aromatic amines is 1. The van der Waals surface area contributed by atoms with Crippen molar-refractivity contribution >= 4 is 27.4 Å². The lowest BCUT2D eigenvalue weighted by Crippen LogP contribution is -2.15. The lowest BCUT2D eigenvalue weighted by atomic mass is 10.2. The van der Waals surface area contributed by atoms with Crippen LogP contribution in [-0.2, 0) is 6.54 Å². The summed E-state index contributed by atoms with van der Waals surface area (Å²) in [4.78, 5) is 10.3. The molecule has 0 fully saturated rings. The molecule has 0 bridgehead atoms. The van der Waals surface area contributed by atoms with Crippen LogP contribution in [0.15, 0.2) is 35.8 Å². The van der Waals surface area contributed by atoms with Crippen molar-refractivity contribution in [1.29, 1.82) is 0 Å². The van der Waals surface area contributed by atoms with Crippen molar-refractivity contribution in [2.24, 2.45) is 0 Å². The number of nitrogens with zero attached hydrogens (tertiary/aromatic N) is 3. The predicted octanol–water partition coefficient (Wildman–Crippen LogP) is 3.77. The van der Waals surface area contributed by atoms with Gasteiger partial charge < -0.3 is 14.8 Å². The molecule has 27 heavy (non-hydrogen) atoms. The summed E-state index contributed by atoms with van der Waals surface area (Å²) >= 11 is 1.61. The van der Waals surface area contributed by atoms with E-state index in [1.165, 1.54) is 0 Å². The molecule has 0 unspecified atom stereocenters. The van der Waals surface area contributed by atoms with E-state index in [0.29, 0.717) is 25.6 Å². The highest BCUT2D eigenvalue weighted by atomic mass is 32.1. The summed E-state index contributed by atoms with van der Waals surface area (Å²) in [5.74, 6) is 3.00. The van der Waals surface area contributed by atoms with Gasteiger partial charge in [-0.15, -0.1) is 11.3 Å². The number of hydrogen-bond donors (Lipinski definition) is 2. The lowest BCUT2D eigenvalue weighted by molar-refractivity contribution is 0.171. The smallest absolute Gasteiger partial charge is 0.183 e. The molecule has 1 aromatic carbocycles. The average molecular weight is 379 g/mol. The van der Waals surface area contributed by atoms with Gasteiger partial charge in [-0.1, -0.05) is 6.07 Å². The van der Waals surface area contributed by atoms with E-state index in [4.69, 9.17) is 14.5 Å². The number of aromatic nitrogens is 4. The van der Waals surface area contributed by atoms with Crippen LogP contribution in [-0.4, -0.2) is 33.4 Å². The molecule has 136 valence electrons. The van der Waals surface area contributed by atoms with E-state index in [1.807, 2.05) is 24.3 Å². The highest BCUT2D eigenvalue weighted by molar-refractivity contribution is 7.17. The summed E-state index contributed by atoms with van der Waals surface area (Å²) in [5.41, 5.74) is 2.98. The first-order chi connectivity index (χ1) is 13.3. The number of H-pyrrole nitrogens is 1. The van der Waals surface area contributed by atoms with Crippen LogP contribution in [0.4, 0.5) is 5.82 Å². The second kappa shape index (κ2) is 6.55. The third kappa shape index (κ3) is 2.97. The molecule has 0 amide bonds. The number of benzene rings is 1. The standard InChI is InChI=1S/C19H17N5O2S/c1-11-10-27-19-16(11)18(22-17(23-19)13-4-5-21-24-13)20-9-12-2-3-14-15(8-12)26-7-6-25-14/h2-5,8,10H,6-7,9H2,1H3,(H,21,24)(H,20,22,23). The molecular formula is C19H17N5O2S. The van der Waals surface area contributed by atoms with Crippen LogP contribution >= 0.6 is 11.3 Å². The Balaban J connectivity index is 1.48. The van der Waals surface area contributed by atoms with Gasteiger partial charge in [0, 0.05) is 12.7 Å². The van der Waals surface area contributed by atoms with Crippen LogP contribution in [0.3, 0.4) is 0 Å². The van der Waals surface area contributed by atoms with E-state index in [-0.39, 0.29) is 0 Å². The minimum atomic E-state index is 0.581. The number of hydrogen-bond acceptors (Lipinski definition) is 7. The number of nitrogens with one attached hydrogen (secondary N) is 2. The Kier molecular flexibility index (Phi) is 3.90. The summed E-state index contributed by atoms with van der Waals surface area (Å²) in [7, 11) is 0. The first-order valence-electron chi connectivity index (χ1n) is 8.66. The van der Waals surface area contributed by atoms with Crippen molar-refractivity contribution in [3.63, 3.8) is 0 Å². The maximum absolute atomic E-state index is 5.67. The molecule has 8 heteroatoms. The maximum Gasteiger partial charge on any atom is 0.183 e. The van der Waals surface area contributed by atoms with Crippen molar-refractivity contribution in [3.8, 4) is 23.0 Å². The minimum absolute atomic E-state index is 0.581. The highest BCUT2D eigenvalue weighted by Gasteiger charge is 2.15. The molecule has 0 atom stereocenters. The Bertz CT molecular complexity index is 1110. The molecular weight excluding hydrogens is 362 g/mol. The van der Waals surface area contributed by atoms with Crippen LogP contribution in [0.5, 0.6) is 11.5 Å². The van der Waals surface area contributed by atoms with Gasteiger partial charge in [0.2, 0.25) is 0 Å². The fraction of sp³-hybridized carbons (Fsp3) is 0.211. The minimum Gasteiger partial charge on any atom is -0.486 e. The first-order valence-corrected chi connectivity index (χ1v) is 9.54. The largest absolute Gasteiger partial charge is 0.486 e. The Morgan fingerprint density at radius 2 is 2.04 bits per heavy atom. The van der Waals surface area contributed by atoms with Gasteiger partial charge in [-0.05, 0) is 41.6 Å². The number of ether oxygens (including phenoxy) is 2. The van der Waals surface area contributed by atoms with Crippen molar-refractivity contribution < 1.29 is 9.47 Å². The molecule has 0 radical (unpaired) electrons. The van der Waals surface area contributed by atoms with Gasteiger partial charge in [0.1, 0.15) is 29.6 Å². The quantitative estimate of drug-likeness (QED) is 0.561. The fourth-order valence-corrected chi connectivity index (χ4v) is 4.02. The van der Waals surface area contributed by atoms with E-state index < -0.39 is 0 Å². The summed E-state index contributed by atoms with van der Waals surface area (Å²) < 4.78 is 11.3. The Hall–Kier alpha value is -3.13. The molecule has 1 aliphatic rings. The Morgan fingerprint density at radius 3 is 2.89 bits per heavy atom.